The van der Waals surface area contributed by atoms with E-state index in [0.29, 0.717) is 0 Å². The Morgan fingerprint density at radius 1 is 1.23 bits per heavy atom. The number of piperidine rings is 1. The average molecular weight is 299 g/mol. The van der Waals surface area contributed by atoms with Gasteiger partial charge in [-0.3, -0.25) is 4.79 Å². The fraction of sp³-hybridized carbons (Fsp3) is 0.471. The Hall–Kier alpha value is -2.17. The van der Waals surface area contributed by atoms with Crippen LogP contribution in [-0.2, 0) is 4.79 Å². The minimum atomic E-state index is -0.697. The fourth-order valence-corrected chi connectivity index (χ4v) is 3.15. The Bertz CT molecular complexity index is 706. The molecule has 1 fully saturated rings. The maximum atomic E-state index is 10.8. The summed E-state index contributed by atoms with van der Waals surface area (Å²) in [7, 11) is 0. The molecule has 0 bridgehead atoms. The number of rotatable bonds is 3. The van der Waals surface area contributed by atoms with Crippen LogP contribution in [0, 0.1) is 19.8 Å². The Balaban J connectivity index is 1.85. The van der Waals surface area contributed by atoms with Crippen molar-refractivity contribution in [1.82, 2.24) is 9.97 Å². The molecular weight excluding hydrogens is 278 g/mol. The zero-order chi connectivity index (χ0) is 15.7. The van der Waals surface area contributed by atoms with Crippen molar-refractivity contribution in [3.8, 4) is 0 Å². The van der Waals surface area contributed by atoms with Crippen LogP contribution in [0.2, 0.25) is 0 Å². The van der Waals surface area contributed by atoms with Crippen LogP contribution < -0.4 is 4.90 Å². The molecule has 2 aromatic rings. The van der Waals surface area contributed by atoms with E-state index in [1.165, 1.54) is 11.1 Å². The molecule has 0 spiro atoms. The summed E-state index contributed by atoms with van der Waals surface area (Å²) in [6.45, 7) is 5.91. The molecule has 22 heavy (non-hydrogen) atoms. The summed E-state index contributed by atoms with van der Waals surface area (Å²) in [5.74, 6) is 0.560. The molecule has 116 valence electrons. The van der Waals surface area contributed by atoms with Gasteiger partial charge < -0.3 is 10.0 Å². The highest BCUT2D eigenvalue weighted by Gasteiger charge is 2.23. The smallest absolute Gasteiger partial charge is 0.303 e. The van der Waals surface area contributed by atoms with E-state index >= 15 is 0 Å². The molecule has 1 aliphatic heterocycles. The molecule has 1 N–H and O–H groups in total. The van der Waals surface area contributed by atoms with Gasteiger partial charge in [0.1, 0.15) is 12.1 Å². The molecule has 0 atom stereocenters. The molecule has 0 unspecified atom stereocenters. The van der Waals surface area contributed by atoms with Crippen molar-refractivity contribution >= 4 is 22.7 Å². The minimum Gasteiger partial charge on any atom is -0.481 e. The van der Waals surface area contributed by atoms with Gasteiger partial charge in [-0.1, -0.05) is 0 Å². The Morgan fingerprint density at radius 2 is 1.91 bits per heavy atom. The van der Waals surface area contributed by atoms with Crippen LogP contribution in [-0.4, -0.2) is 34.1 Å². The summed E-state index contributed by atoms with van der Waals surface area (Å²) in [5, 5.41) is 10.00. The molecule has 5 heteroatoms. The molecule has 0 saturated carbocycles. The van der Waals surface area contributed by atoms with E-state index in [1.807, 2.05) is 0 Å². The molecule has 2 heterocycles. The van der Waals surface area contributed by atoms with E-state index in [9.17, 15) is 4.79 Å². The van der Waals surface area contributed by atoms with Gasteiger partial charge in [-0.05, 0) is 55.9 Å². The van der Waals surface area contributed by atoms with Gasteiger partial charge in [0.05, 0.1) is 5.52 Å². The lowest BCUT2D eigenvalue weighted by atomic mass is 9.93. The SMILES string of the molecule is Cc1cc2ncnc(N3CCC(CC(=O)O)CC3)c2cc1C. The van der Waals surface area contributed by atoms with Crippen molar-refractivity contribution < 1.29 is 9.90 Å². The molecule has 1 aromatic carbocycles. The van der Waals surface area contributed by atoms with Crippen LogP contribution >= 0.6 is 0 Å². The lowest BCUT2D eigenvalue weighted by molar-refractivity contribution is -0.138. The Labute approximate surface area is 130 Å². The molecule has 1 aliphatic rings. The van der Waals surface area contributed by atoms with E-state index in [-0.39, 0.29) is 12.3 Å². The third-order valence-electron chi connectivity index (χ3n) is 4.61. The van der Waals surface area contributed by atoms with Crippen LogP contribution in [0.4, 0.5) is 5.82 Å². The van der Waals surface area contributed by atoms with Crippen molar-refractivity contribution in [2.45, 2.75) is 33.1 Å². The molecule has 0 radical (unpaired) electrons. The standard InChI is InChI=1S/C17H21N3O2/c1-11-7-14-15(8-12(11)2)18-10-19-17(14)20-5-3-13(4-6-20)9-16(21)22/h7-8,10,13H,3-6,9H2,1-2H3,(H,21,22). The highest BCUT2D eigenvalue weighted by molar-refractivity contribution is 5.90. The second kappa shape index (κ2) is 5.91. The van der Waals surface area contributed by atoms with Gasteiger partial charge in [0.15, 0.2) is 0 Å². The summed E-state index contributed by atoms with van der Waals surface area (Å²) in [6.07, 6.45) is 3.71. The molecule has 0 aliphatic carbocycles. The normalized spacial score (nSPS) is 16.2. The lowest BCUT2D eigenvalue weighted by Crippen LogP contribution is -2.35. The van der Waals surface area contributed by atoms with Crippen LogP contribution in [0.25, 0.3) is 10.9 Å². The second-order valence-corrected chi connectivity index (χ2v) is 6.18. The van der Waals surface area contributed by atoms with Crippen molar-refractivity contribution in [2.24, 2.45) is 5.92 Å². The maximum absolute atomic E-state index is 10.8. The van der Waals surface area contributed by atoms with E-state index in [0.717, 1.165) is 42.7 Å². The van der Waals surface area contributed by atoms with E-state index < -0.39 is 5.97 Å². The number of carboxylic acids is 1. The first-order chi connectivity index (χ1) is 10.5. The number of carboxylic acid groups (broad SMARTS) is 1. The van der Waals surface area contributed by atoms with Crippen LogP contribution in [0.15, 0.2) is 18.5 Å². The van der Waals surface area contributed by atoms with E-state index in [1.54, 1.807) is 6.33 Å². The van der Waals surface area contributed by atoms with Crippen molar-refractivity contribution in [3.05, 3.63) is 29.6 Å². The van der Waals surface area contributed by atoms with Gasteiger partial charge in [-0.25, -0.2) is 9.97 Å². The predicted octanol–water partition coefficient (Wildman–Crippen LogP) is 2.94. The first-order valence-corrected chi connectivity index (χ1v) is 7.73. The highest BCUT2D eigenvalue weighted by atomic mass is 16.4. The number of anilines is 1. The molecule has 5 nitrogen and oxygen atoms in total. The number of aromatic nitrogens is 2. The first-order valence-electron chi connectivity index (χ1n) is 7.73. The molecular formula is C17H21N3O2. The van der Waals surface area contributed by atoms with Crippen molar-refractivity contribution in [3.63, 3.8) is 0 Å². The van der Waals surface area contributed by atoms with Gasteiger partial charge in [0.2, 0.25) is 0 Å². The third-order valence-corrected chi connectivity index (χ3v) is 4.61. The lowest BCUT2D eigenvalue weighted by Gasteiger charge is -2.32. The monoisotopic (exact) mass is 299 g/mol. The van der Waals surface area contributed by atoms with E-state index in [4.69, 9.17) is 5.11 Å². The maximum Gasteiger partial charge on any atom is 0.303 e. The van der Waals surface area contributed by atoms with Gasteiger partial charge in [-0.15, -0.1) is 0 Å². The summed E-state index contributed by atoms with van der Waals surface area (Å²) >= 11 is 0. The predicted molar refractivity (Wildman–Crippen MR) is 86.2 cm³/mol. The third kappa shape index (κ3) is 2.89. The summed E-state index contributed by atoms with van der Waals surface area (Å²) in [6, 6.07) is 4.26. The zero-order valence-electron chi connectivity index (χ0n) is 13.0. The Morgan fingerprint density at radius 3 is 2.59 bits per heavy atom. The number of aliphatic carboxylic acids is 1. The number of carbonyl (C=O) groups is 1. The number of hydrogen-bond acceptors (Lipinski definition) is 4. The van der Waals surface area contributed by atoms with Gasteiger partial charge in [0.25, 0.3) is 0 Å². The Kier molecular flexibility index (Phi) is 3.96. The summed E-state index contributed by atoms with van der Waals surface area (Å²) in [4.78, 5) is 22.0. The molecule has 1 saturated heterocycles. The number of benzene rings is 1. The summed E-state index contributed by atoms with van der Waals surface area (Å²) < 4.78 is 0. The number of hydrogen-bond donors (Lipinski definition) is 1. The molecule has 1 aromatic heterocycles. The number of fused-ring (bicyclic) bond motifs is 1. The first kappa shape index (κ1) is 14.8. The molecule has 3 rings (SSSR count). The van der Waals surface area contributed by atoms with Crippen LogP contribution in [0.5, 0.6) is 0 Å². The van der Waals surface area contributed by atoms with E-state index in [2.05, 4.69) is 40.8 Å². The topological polar surface area (TPSA) is 66.3 Å². The summed E-state index contributed by atoms with van der Waals surface area (Å²) in [5.41, 5.74) is 3.45. The zero-order valence-corrected chi connectivity index (χ0v) is 13.0. The fourth-order valence-electron chi connectivity index (χ4n) is 3.15. The van der Waals surface area contributed by atoms with Crippen molar-refractivity contribution in [1.29, 1.82) is 0 Å². The minimum absolute atomic E-state index is 0.274. The van der Waals surface area contributed by atoms with Gasteiger partial charge >= 0.3 is 5.97 Å². The van der Waals surface area contributed by atoms with Crippen molar-refractivity contribution in [2.75, 3.05) is 18.0 Å². The second-order valence-electron chi connectivity index (χ2n) is 6.18. The van der Waals surface area contributed by atoms with Gasteiger partial charge in [-0.2, -0.15) is 0 Å². The quantitative estimate of drug-likeness (QED) is 0.944. The number of nitrogens with zero attached hydrogens (tertiary/aromatic N) is 3. The average Bonchev–Trinajstić information content (AvgIpc) is 2.48. The van der Waals surface area contributed by atoms with Crippen LogP contribution in [0.1, 0.15) is 30.4 Å². The van der Waals surface area contributed by atoms with Crippen LogP contribution in [0.3, 0.4) is 0 Å². The number of aryl methyl sites for hydroxylation is 2. The van der Waals surface area contributed by atoms with Gasteiger partial charge in [0, 0.05) is 24.9 Å². The largest absolute Gasteiger partial charge is 0.481 e. The highest BCUT2D eigenvalue weighted by Crippen LogP contribution is 2.29. The molecule has 0 amide bonds.